The molecular weight excluding hydrogens is 383 g/mol. The lowest BCUT2D eigenvalue weighted by molar-refractivity contribution is 0.0988. The van der Waals surface area contributed by atoms with Crippen LogP contribution in [0.25, 0.3) is 0 Å². The second-order valence-electron chi connectivity index (χ2n) is 8.71. The average Bonchev–Trinajstić information content (AvgIpc) is 2.73. The highest BCUT2D eigenvalue weighted by Gasteiger charge is 2.24. The Labute approximate surface area is 180 Å². The summed E-state index contributed by atoms with van der Waals surface area (Å²) in [6, 6.07) is 16.5. The molecule has 1 heterocycles. The molecule has 3 rings (SSSR count). The lowest BCUT2D eigenvalue weighted by Crippen LogP contribution is -2.45. The van der Waals surface area contributed by atoms with Crippen LogP contribution in [0.15, 0.2) is 48.5 Å². The topological polar surface area (TPSA) is 6.48 Å². The minimum Gasteiger partial charge on any atom is -0.303 e. The van der Waals surface area contributed by atoms with Crippen molar-refractivity contribution in [1.29, 1.82) is 0 Å². The highest BCUT2D eigenvalue weighted by atomic mass is 35.5. The van der Waals surface area contributed by atoms with Gasteiger partial charge in [-0.05, 0) is 74.5 Å². The summed E-state index contributed by atoms with van der Waals surface area (Å²) in [5.74, 6) is 0.344. The third kappa shape index (κ3) is 7.09. The Hall–Kier alpha value is -1.42. The van der Waals surface area contributed by atoms with Gasteiger partial charge in [0.2, 0.25) is 0 Å². The number of hydrogen-bond donors (Lipinski definition) is 0. The molecule has 1 saturated heterocycles. The maximum Gasteiger partial charge on any atom is 0.141 e. The Morgan fingerprint density at radius 3 is 2.45 bits per heavy atom. The van der Waals surface area contributed by atoms with Gasteiger partial charge in [0.25, 0.3) is 0 Å². The highest BCUT2D eigenvalue weighted by molar-refractivity contribution is 6.30. The van der Waals surface area contributed by atoms with Crippen molar-refractivity contribution in [3.63, 3.8) is 0 Å². The molecule has 2 nitrogen and oxygen atoms in total. The van der Waals surface area contributed by atoms with Gasteiger partial charge in [0.15, 0.2) is 0 Å². The molecule has 2 aromatic rings. The molecule has 0 amide bonds. The lowest BCUT2D eigenvalue weighted by Gasteiger charge is -2.39. The van der Waals surface area contributed by atoms with Crippen molar-refractivity contribution in [3.8, 4) is 0 Å². The smallest absolute Gasteiger partial charge is 0.141 e. The number of halogens is 2. The fourth-order valence-electron chi connectivity index (χ4n) is 4.13. The van der Waals surface area contributed by atoms with E-state index in [9.17, 15) is 4.39 Å². The van der Waals surface area contributed by atoms with E-state index < -0.39 is 0 Å². The van der Waals surface area contributed by atoms with E-state index >= 15 is 0 Å². The molecule has 0 unspecified atom stereocenters. The van der Waals surface area contributed by atoms with Gasteiger partial charge in [-0.3, -0.25) is 4.90 Å². The first kappa shape index (κ1) is 22.3. The minimum absolute atomic E-state index is 0.224. The molecule has 1 aliphatic heterocycles. The molecule has 2 aromatic carbocycles. The average molecular weight is 417 g/mol. The molecule has 4 heteroatoms. The van der Waals surface area contributed by atoms with Gasteiger partial charge in [0, 0.05) is 19.1 Å². The second kappa shape index (κ2) is 11.1. The molecule has 0 spiro atoms. The summed E-state index contributed by atoms with van der Waals surface area (Å²) in [6.45, 7) is 9.93. The van der Waals surface area contributed by atoms with Crippen LogP contribution in [0, 0.1) is 11.7 Å². The van der Waals surface area contributed by atoms with E-state index in [0.717, 1.165) is 44.7 Å². The SMILES string of the molecule is CC(C)CCN(Cc1ccc(F)c(Cl)c1)C1CCN(CCc2ccccc2)CC1. The van der Waals surface area contributed by atoms with Crippen LogP contribution in [0.3, 0.4) is 0 Å². The van der Waals surface area contributed by atoms with E-state index in [0.29, 0.717) is 12.0 Å². The molecule has 0 N–H and O–H groups in total. The Bertz CT molecular complexity index is 742. The molecule has 29 heavy (non-hydrogen) atoms. The molecular formula is C25H34ClFN2. The highest BCUT2D eigenvalue weighted by Crippen LogP contribution is 2.23. The molecule has 0 saturated carbocycles. The standard InChI is InChI=1S/C25H34ClFN2/c1-20(2)10-17-29(19-22-8-9-25(27)24(26)18-22)23-12-15-28(16-13-23)14-11-21-6-4-3-5-7-21/h3-9,18,20,23H,10-17,19H2,1-2H3. The quantitative estimate of drug-likeness (QED) is 0.492. The van der Waals surface area contributed by atoms with Crippen LogP contribution in [0.4, 0.5) is 4.39 Å². The van der Waals surface area contributed by atoms with Gasteiger partial charge in [-0.1, -0.05) is 61.8 Å². The van der Waals surface area contributed by atoms with Crippen LogP contribution < -0.4 is 0 Å². The van der Waals surface area contributed by atoms with Crippen LogP contribution in [0.2, 0.25) is 5.02 Å². The van der Waals surface area contributed by atoms with Gasteiger partial charge < -0.3 is 4.90 Å². The van der Waals surface area contributed by atoms with E-state index in [1.54, 1.807) is 6.07 Å². The summed E-state index contributed by atoms with van der Waals surface area (Å²) in [5, 5.41) is 0.224. The zero-order chi connectivity index (χ0) is 20.6. The predicted octanol–water partition coefficient (Wildman–Crippen LogP) is 6.03. The molecule has 0 atom stereocenters. The van der Waals surface area contributed by atoms with Crippen molar-refractivity contribution in [3.05, 3.63) is 70.5 Å². The first-order valence-electron chi connectivity index (χ1n) is 11.0. The zero-order valence-corrected chi connectivity index (χ0v) is 18.5. The normalized spacial score (nSPS) is 16.1. The summed E-state index contributed by atoms with van der Waals surface area (Å²) >= 11 is 6.01. The van der Waals surface area contributed by atoms with Gasteiger partial charge in [0.05, 0.1) is 5.02 Å². The van der Waals surface area contributed by atoms with Crippen LogP contribution in [0.1, 0.15) is 44.2 Å². The van der Waals surface area contributed by atoms with E-state index in [1.165, 1.54) is 30.9 Å². The van der Waals surface area contributed by atoms with Gasteiger partial charge in [-0.25, -0.2) is 4.39 Å². The third-order valence-electron chi connectivity index (χ3n) is 6.00. The van der Waals surface area contributed by atoms with Crippen LogP contribution in [-0.4, -0.2) is 42.0 Å². The Morgan fingerprint density at radius 2 is 1.79 bits per heavy atom. The van der Waals surface area contributed by atoms with Gasteiger partial charge in [0.1, 0.15) is 5.82 Å². The first-order chi connectivity index (χ1) is 14.0. The zero-order valence-electron chi connectivity index (χ0n) is 17.8. The minimum atomic E-state index is -0.337. The van der Waals surface area contributed by atoms with Crippen LogP contribution in [-0.2, 0) is 13.0 Å². The number of hydrogen-bond acceptors (Lipinski definition) is 2. The molecule has 1 aliphatic rings. The number of benzene rings is 2. The monoisotopic (exact) mass is 416 g/mol. The number of likely N-dealkylation sites (tertiary alicyclic amines) is 1. The van der Waals surface area contributed by atoms with E-state index in [-0.39, 0.29) is 10.8 Å². The van der Waals surface area contributed by atoms with Crippen molar-refractivity contribution < 1.29 is 4.39 Å². The number of nitrogens with zero attached hydrogens (tertiary/aromatic N) is 2. The fraction of sp³-hybridized carbons (Fsp3) is 0.520. The first-order valence-corrected chi connectivity index (χ1v) is 11.3. The Balaban J connectivity index is 1.54. The second-order valence-corrected chi connectivity index (χ2v) is 9.12. The van der Waals surface area contributed by atoms with Crippen molar-refractivity contribution in [2.75, 3.05) is 26.2 Å². The Morgan fingerprint density at radius 1 is 1.07 bits per heavy atom. The summed E-state index contributed by atoms with van der Waals surface area (Å²) < 4.78 is 13.5. The van der Waals surface area contributed by atoms with Gasteiger partial charge in [-0.15, -0.1) is 0 Å². The molecule has 0 radical (unpaired) electrons. The molecule has 0 aromatic heterocycles. The van der Waals surface area contributed by atoms with Crippen LogP contribution >= 0.6 is 11.6 Å². The van der Waals surface area contributed by atoms with E-state index in [2.05, 4.69) is 54.0 Å². The summed E-state index contributed by atoms with van der Waals surface area (Å²) in [5.41, 5.74) is 2.52. The third-order valence-corrected chi connectivity index (χ3v) is 6.29. The molecule has 0 bridgehead atoms. The number of piperidine rings is 1. The summed E-state index contributed by atoms with van der Waals surface area (Å²) in [6.07, 6.45) is 4.70. The number of rotatable bonds is 9. The Kier molecular flexibility index (Phi) is 8.53. The predicted molar refractivity (Wildman–Crippen MR) is 121 cm³/mol. The fourth-order valence-corrected chi connectivity index (χ4v) is 4.33. The summed E-state index contributed by atoms with van der Waals surface area (Å²) in [4.78, 5) is 5.19. The molecule has 158 valence electrons. The van der Waals surface area contributed by atoms with Crippen molar-refractivity contribution in [1.82, 2.24) is 9.80 Å². The van der Waals surface area contributed by atoms with Crippen molar-refractivity contribution >= 4 is 11.6 Å². The van der Waals surface area contributed by atoms with Crippen LogP contribution in [0.5, 0.6) is 0 Å². The van der Waals surface area contributed by atoms with Gasteiger partial charge in [-0.2, -0.15) is 0 Å². The molecule has 1 fully saturated rings. The van der Waals surface area contributed by atoms with Crippen molar-refractivity contribution in [2.45, 2.75) is 52.1 Å². The van der Waals surface area contributed by atoms with E-state index in [1.807, 2.05) is 6.07 Å². The maximum absolute atomic E-state index is 13.5. The van der Waals surface area contributed by atoms with E-state index in [4.69, 9.17) is 11.6 Å². The maximum atomic E-state index is 13.5. The van der Waals surface area contributed by atoms with Crippen molar-refractivity contribution in [2.24, 2.45) is 5.92 Å². The molecule has 0 aliphatic carbocycles. The largest absolute Gasteiger partial charge is 0.303 e. The van der Waals surface area contributed by atoms with Gasteiger partial charge >= 0.3 is 0 Å². The summed E-state index contributed by atoms with van der Waals surface area (Å²) in [7, 11) is 0. The lowest BCUT2D eigenvalue weighted by atomic mass is 10.00.